The van der Waals surface area contributed by atoms with Crippen LogP contribution in [0.3, 0.4) is 0 Å². The molecule has 1 aliphatic carbocycles. The fourth-order valence-corrected chi connectivity index (χ4v) is 5.08. The van der Waals surface area contributed by atoms with Gasteiger partial charge in [0, 0.05) is 20.9 Å². The van der Waals surface area contributed by atoms with Gasteiger partial charge in [-0.15, -0.1) is 11.3 Å². The summed E-state index contributed by atoms with van der Waals surface area (Å²) in [5.74, 6) is 0.0301. The predicted molar refractivity (Wildman–Crippen MR) is 111 cm³/mol. The summed E-state index contributed by atoms with van der Waals surface area (Å²) in [4.78, 5) is 28.6. The quantitative estimate of drug-likeness (QED) is 0.518. The van der Waals surface area contributed by atoms with E-state index >= 15 is 0 Å². The van der Waals surface area contributed by atoms with Crippen molar-refractivity contribution in [2.24, 2.45) is 0 Å². The molecular weight excluding hydrogens is 352 g/mol. The summed E-state index contributed by atoms with van der Waals surface area (Å²) in [5, 5.41) is 0. The van der Waals surface area contributed by atoms with Gasteiger partial charge < -0.3 is 0 Å². The van der Waals surface area contributed by atoms with Crippen LogP contribution in [-0.4, -0.2) is 11.6 Å². The van der Waals surface area contributed by atoms with E-state index in [0.717, 1.165) is 20.9 Å². The van der Waals surface area contributed by atoms with E-state index in [1.165, 1.54) is 0 Å². The summed E-state index contributed by atoms with van der Waals surface area (Å²) in [5.41, 5.74) is 4.48. The van der Waals surface area contributed by atoms with E-state index in [1.807, 2.05) is 74.5 Å². The van der Waals surface area contributed by atoms with E-state index in [-0.39, 0.29) is 11.6 Å². The monoisotopic (exact) mass is 372 g/mol. The summed E-state index contributed by atoms with van der Waals surface area (Å²) in [6.45, 7) is 3.90. The molecule has 2 nitrogen and oxygen atoms in total. The predicted octanol–water partition coefficient (Wildman–Crippen LogP) is 6.58. The molecule has 0 radical (unpaired) electrons. The van der Waals surface area contributed by atoms with Crippen LogP contribution >= 0.6 is 11.3 Å². The Labute approximate surface area is 163 Å². The number of Topliss-reactive ketones (excluding diaryl/α,β-unsaturated/α-hetero) is 2. The van der Waals surface area contributed by atoms with Crippen molar-refractivity contribution >= 4 is 22.9 Å². The second-order valence-electron chi connectivity index (χ2n) is 6.56. The summed E-state index contributed by atoms with van der Waals surface area (Å²) in [6, 6.07) is 19.8. The molecule has 0 atom stereocenters. The van der Waals surface area contributed by atoms with E-state index in [0.29, 0.717) is 35.1 Å². The number of carbonyl (C=O) groups excluding carboxylic acids is 2. The highest BCUT2D eigenvalue weighted by Crippen LogP contribution is 2.47. The highest BCUT2D eigenvalue weighted by molar-refractivity contribution is 7.20. The van der Waals surface area contributed by atoms with E-state index in [1.54, 1.807) is 11.3 Å². The third kappa shape index (κ3) is 2.79. The molecule has 0 saturated carbocycles. The maximum absolute atomic E-state index is 13.4. The van der Waals surface area contributed by atoms with Gasteiger partial charge in [-0.25, -0.2) is 0 Å². The van der Waals surface area contributed by atoms with Crippen molar-refractivity contribution in [2.45, 2.75) is 26.7 Å². The number of hydrogen-bond acceptors (Lipinski definition) is 3. The average Bonchev–Trinajstić information content (AvgIpc) is 3.13. The molecule has 4 rings (SSSR count). The zero-order chi connectivity index (χ0) is 19.0. The Morgan fingerprint density at radius 3 is 1.33 bits per heavy atom. The first-order valence-corrected chi connectivity index (χ1v) is 10.1. The first-order valence-electron chi connectivity index (χ1n) is 9.26. The molecule has 27 heavy (non-hydrogen) atoms. The number of benzene rings is 2. The van der Waals surface area contributed by atoms with Gasteiger partial charge in [-0.2, -0.15) is 0 Å². The van der Waals surface area contributed by atoms with Gasteiger partial charge in [-0.1, -0.05) is 74.5 Å². The van der Waals surface area contributed by atoms with Crippen molar-refractivity contribution in [3.63, 3.8) is 0 Å². The molecule has 0 saturated heterocycles. The molecule has 134 valence electrons. The van der Waals surface area contributed by atoms with E-state index in [4.69, 9.17) is 0 Å². The minimum absolute atomic E-state index is 0.0150. The van der Waals surface area contributed by atoms with Crippen LogP contribution in [0.1, 0.15) is 47.4 Å². The first-order chi connectivity index (χ1) is 13.2. The van der Waals surface area contributed by atoms with Crippen LogP contribution in [0.4, 0.5) is 0 Å². The van der Waals surface area contributed by atoms with Crippen LogP contribution < -0.4 is 0 Å². The Morgan fingerprint density at radius 2 is 1.00 bits per heavy atom. The Kier molecular flexibility index (Phi) is 4.63. The topological polar surface area (TPSA) is 34.1 Å². The third-order valence-electron chi connectivity index (χ3n) is 5.05. The Morgan fingerprint density at radius 1 is 0.630 bits per heavy atom. The van der Waals surface area contributed by atoms with Crippen molar-refractivity contribution < 1.29 is 9.59 Å². The Hall–Kier alpha value is -2.78. The lowest BCUT2D eigenvalue weighted by molar-refractivity contribution is 0.0971. The Bertz CT molecular complexity index is 973. The van der Waals surface area contributed by atoms with Gasteiger partial charge in [-0.3, -0.25) is 9.59 Å². The summed E-state index contributed by atoms with van der Waals surface area (Å²) < 4.78 is 0. The molecule has 1 heterocycles. The van der Waals surface area contributed by atoms with Crippen LogP contribution in [0.5, 0.6) is 0 Å². The zero-order valence-electron chi connectivity index (χ0n) is 15.4. The second kappa shape index (κ2) is 7.09. The van der Waals surface area contributed by atoms with E-state index < -0.39 is 0 Å². The summed E-state index contributed by atoms with van der Waals surface area (Å²) >= 11 is 1.55. The third-order valence-corrected chi connectivity index (χ3v) is 6.34. The molecule has 0 bridgehead atoms. The number of fused-ring (bicyclic) bond motifs is 1. The number of allylic oxidation sites excluding steroid dienone is 2. The lowest BCUT2D eigenvalue weighted by Crippen LogP contribution is -2.21. The summed E-state index contributed by atoms with van der Waals surface area (Å²) in [7, 11) is 0. The highest BCUT2D eigenvalue weighted by atomic mass is 32.1. The van der Waals surface area contributed by atoms with Crippen LogP contribution in [0.2, 0.25) is 0 Å². The molecule has 0 amide bonds. The normalized spacial score (nSPS) is 13.9. The molecular formula is C24H20O2S. The van der Waals surface area contributed by atoms with Crippen LogP contribution in [0.25, 0.3) is 20.9 Å². The fourth-order valence-electron chi connectivity index (χ4n) is 3.77. The minimum Gasteiger partial charge on any atom is -0.289 e. The molecule has 0 N–H and O–H groups in total. The molecule has 0 fully saturated rings. The van der Waals surface area contributed by atoms with Gasteiger partial charge in [0.15, 0.2) is 11.6 Å². The van der Waals surface area contributed by atoms with Crippen molar-refractivity contribution in [1.29, 1.82) is 0 Å². The van der Waals surface area contributed by atoms with Crippen LogP contribution in [0.15, 0.2) is 71.8 Å². The van der Waals surface area contributed by atoms with E-state index in [2.05, 4.69) is 0 Å². The van der Waals surface area contributed by atoms with Gasteiger partial charge >= 0.3 is 0 Å². The Balaban J connectivity index is 2.05. The molecule has 0 aliphatic heterocycles. The van der Waals surface area contributed by atoms with Crippen LogP contribution in [0, 0.1) is 0 Å². The number of thiophene rings is 1. The van der Waals surface area contributed by atoms with Gasteiger partial charge in [0.1, 0.15) is 0 Å². The largest absolute Gasteiger partial charge is 0.289 e. The number of carbonyl (C=O) groups is 2. The van der Waals surface area contributed by atoms with Gasteiger partial charge in [0.2, 0.25) is 0 Å². The SMILES string of the molecule is CCC1=C(CC)C(=O)c2c(-c3ccccc3)sc(-c3ccccc3)c2C1=O. The van der Waals surface area contributed by atoms with Gasteiger partial charge in [0.25, 0.3) is 0 Å². The maximum Gasteiger partial charge on any atom is 0.191 e. The lowest BCUT2D eigenvalue weighted by atomic mass is 9.81. The number of rotatable bonds is 4. The highest BCUT2D eigenvalue weighted by Gasteiger charge is 2.37. The molecule has 0 spiro atoms. The van der Waals surface area contributed by atoms with E-state index in [9.17, 15) is 9.59 Å². The van der Waals surface area contributed by atoms with Crippen molar-refractivity contribution in [3.8, 4) is 20.9 Å². The first kappa shape index (κ1) is 17.6. The molecule has 0 unspecified atom stereocenters. The maximum atomic E-state index is 13.4. The molecule has 3 heteroatoms. The second-order valence-corrected chi connectivity index (χ2v) is 7.59. The average molecular weight is 372 g/mol. The fraction of sp³-hybridized carbons (Fsp3) is 0.167. The lowest BCUT2D eigenvalue weighted by Gasteiger charge is -2.19. The molecule has 1 aliphatic rings. The van der Waals surface area contributed by atoms with Gasteiger partial charge in [0.05, 0.1) is 11.1 Å². The zero-order valence-corrected chi connectivity index (χ0v) is 16.2. The smallest absolute Gasteiger partial charge is 0.191 e. The summed E-state index contributed by atoms with van der Waals surface area (Å²) in [6.07, 6.45) is 1.16. The van der Waals surface area contributed by atoms with Crippen molar-refractivity contribution in [2.75, 3.05) is 0 Å². The molecule has 1 aromatic heterocycles. The van der Waals surface area contributed by atoms with Crippen molar-refractivity contribution in [1.82, 2.24) is 0 Å². The van der Waals surface area contributed by atoms with Gasteiger partial charge in [-0.05, 0) is 24.0 Å². The van der Waals surface area contributed by atoms with Crippen LogP contribution in [-0.2, 0) is 0 Å². The van der Waals surface area contributed by atoms with Crippen molar-refractivity contribution in [3.05, 3.63) is 82.9 Å². The standard InChI is InChI=1S/C24H20O2S/c1-3-17-18(4-2)22(26)20-19(21(17)25)23(15-11-7-5-8-12-15)27-24(20)16-13-9-6-10-14-16/h5-14H,3-4H2,1-2H3. The molecule has 3 aromatic rings. The number of ketones is 2. The minimum atomic E-state index is 0.0150. The number of hydrogen-bond donors (Lipinski definition) is 0. The molecule has 2 aromatic carbocycles.